The highest BCUT2D eigenvalue weighted by Gasteiger charge is 2.35. The third-order valence-electron chi connectivity index (χ3n) is 3.46. The van der Waals surface area contributed by atoms with E-state index in [2.05, 4.69) is 20.7 Å². The molecular formula is C14H18N6OS. The van der Waals surface area contributed by atoms with Gasteiger partial charge >= 0.3 is 0 Å². The van der Waals surface area contributed by atoms with Crippen LogP contribution in [0.3, 0.4) is 0 Å². The van der Waals surface area contributed by atoms with Crippen LogP contribution in [0.5, 0.6) is 0 Å². The van der Waals surface area contributed by atoms with Gasteiger partial charge < -0.3 is 10.6 Å². The summed E-state index contributed by atoms with van der Waals surface area (Å²) in [6, 6.07) is 6.50. The second-order valence-corrected chi connectivity index (χ2v) is 5.37. The topological polar surface area (TPSA) is 93.1 Å². The summed E-state index contributed by atoms with van der Waals surface area (Å²) < 4.78 is 0. The molecule has 1 aliphatic heterocycles. The van der Waals surface area contributed by atoms with Crippen molar-refractivity contribution in [3.05, 3.63) is 34.7 Å². The molecule has 1 saturated heterocycles. The summed E-state index contributed by atoms with van der Waals surface area (Å²) in [5.74, 6) is -0.0361. The largest absolute Gasteiger partial charge is 0.350 e. The van der Waals surface area contributed by atoms with E-state index in [1.54, 1.807) is 24.3 Å². The van der Waals surface area contributed by atoms with Crippen molar-refractivity contribution in [3.8, 4) is 0 Å². The van der Waals surface area contributed by atoms with Crippen LogP contribution in [-0.4, -0.2) is 30.7 Å². The number of benzene rings is 1. The average Bonchev–Trinajstić information content (AvgIpc) is 2.79. The van der Waals surface area contributed by atoms with Crippen LogP contribution in [0.2, 0.25) is 0 Å². The Morgan fingerprint density at radius 1 is 1.41 bits per heavy atom. The van der Waals surface area contributed by atoms with Crippen molar-refractivity contribution in [3.63, 3.8) is 0 Å². The fraction of sp³-hybridized carbons (Fsp3) is 0.429. The third kappa shape index (κ3) is 3.73. The van der Waals surface area contributed by atoms with E-state index in [0.29, 0.717) is 16.5 Å². The molecule has 116 valence electrons. The Hall–Kier alpha value is -2.15. The van der Waals surface area contributed by atoms with Crippen LogP contribution < -0.4 is 15.5 Å². The molecule has 1 amide bonds. The van der Waals surface area contributed by atoms with E-state index in [4.69, 9.17) is 17.7 Å². The summed E-state index contributed by atoms with van der Waals surface area (Å²) in [7, 11) is 1.91. The number of hydrogen-bond acceptors (Lipinski definition) is 4. The maximum Gasteiger partial charge on any atom is 0.255 e. The minimum atomic E-state index is -0.263. The molecule has 22 heavy (non-hydrogen) atoms. The fourth-order valence-corrected chi connectivity index (χ4v) is 2.68. The number of nitrogens with one attached hydrogen (secondary N) is 2. The Morgan fingerprint density at radius 3 is 2.77 bits per heavy atom. The molecule has 0 radical (unpaired) electrons. The number of anilines is 1. The first-order valence-electron chi connectivity index (χ1n) is 7.11. The summed E-state index contributed by atoms with van der Waals surface area (Å²) in [6.07, 6.45) is 2.74. The number of carbonyl (C=O) groups is 1. The van der Waals surface area contributed by atoms with Gasteiger partial charge in [-0.1, -0.05) is 17.2 Å². The number of nitrogens with zero attached hydrogens (tertiary/aromatic N) is 4. The normalized spacial score (nSPS) is 17.3. The Morgan fingerprint density at radius 2 is 2.14 bits per heavy atom. The van der Waals surface area contributed by atoms with Gasteiger partial charge in [-0.05, 0) is 62.7 Å². The number of carbonyl (C=O) groups excluding carboxylic acids is 1. The molecule has 0 aliphatic carbocycles. The van der Waals surface area contributed by atoms with E-state index in [-0.39, 0.29) is 11.9 Å². The quantitative estimate of drug-likeness (QED) is 0.266. The van der Waals surface area contributed by atoms with E-state index in [1.165, 1.54) is 4.90 Å². The van der Waals surface area contributed by atoms with E-state index >= 15 is 0 Å². The first-order valence-corrected chi connectivity index (χ1v) is 7.52. The maximum atomic E-state index is 12.5. The second kappa shape index (κ2) is 7.74. The predicted molar refractivity (Wildman–Crippen MR) is 90.0 cm³/mol. The van der Waals surface area contributed by atoms with Gasteiger partial charge in [0.15, 0.2) is 5.11 Å². The van der Waals surface area contributed by atoms with Crippen molar-refractivity contribution in [2.24, 2.45) is 5.11 Å². The minimum absolute atomic E-state index is 0.0361. The van der Waals surface area contributed by atoms with Gasteiger partial charge in [-0.3, -0.25) is 9.69 Å². The van der Waals surface area contributed by atoms with Crippen molar-refractivity contribution in [2.75, 3.05) is 18.5 Å². The van der Waals surface area contributed by atoms with Gasteiger partial charge in [0.05, 0.1) is 5.69 Å². The predicted octanol–water partition coefficient (Wildman–Crippen LogP) is 2.61. The summed E-state index contributed by atoms with van der Waals surface area (Å²) in [6.45, 7) is 0.940. The van der Waals surface area contributed by atoms with E-state index in [9.17, 15) is 4.79 Å². The molecule has 7 nitrogen and oxygen atoms in total. The number of thiocarbonyl (C=S) groups is 1. The molecule has 2 rings (SSSR count). The molecule has 1 fully saturated rings. The second-order valence-electron chi connectivity index (χ2n) is 4.98. The van der Waals surface area contributed by atoms with Gasteiger partial charge in [0.1, 0.15) is 6.04 Å². The Labute approximate surface area is 134 Å². The van der Waals surface area contributed by atoms with Crippen molar-refractivity contribution < 1.29 is 4.79 Å². The molecule has 1 unspecified atom stereocenters. The van der Waals surface area contributed by atoms with Gasteiger partial charge in [-0.25, -0.2) is 0 Å². The minimum Gasteiger partial charge on any atom is -0.350 e. The first-order chi connectivity index (χ1) is 10.7. The lowest BCUT2D eigenvalue weighted by Crippen LogP contribution is -2.31. The number of amides is 1. The zero-order chi connectivity index (χ0) is 15.9. The van der Waals surface area contributed by atoms with Gasteiger partial charge in [-0.15, -0.1) is 0 Å². The molecule has 1 aromatic carbocycles. The monoisotopic (exact) mass is 318 g/mol. The summed E-state index contributed by atoms with van der Waals surface area (Å²) in [4.78, 5) is 16.7. The third-order valence-corrected chi connectivity index (χ3v) is 3.76. The zero-order valence-corrected chi connectivity index (χ0v) is 13.1. The number of rotatable bonds is 7. The Bertz CT molecular complexity index is 596. The Balaban J connectivity index is 2.03. The van der Waals surface area contributed by atoms with Crippen LogP contribution in [0.15, 0.2) is 29.4 Å². The first kappa shape index (κ1) is 16.2. The van der Waals surface area contributed by atoms with Crippen LogP contribution in [0, 0.1) is 0 Å². The molecule has 1 aromatic rings. The molecule has 0 bridgehead atoms. The van der Waals surface area contributed by atoms with Crippen LogP contribution in [0.1, 0.15) is 19.3 Å². The highest BCUT2D eigenvalue weighted by molar-refractivity contribution is 7.80. The zero-order valence-electron chi connectivity index (χ0n) is 12.3. The Kier molecular flexibility index (Phi) is 5.71. The molecule has 1 aliphatic rings. The van der Waals surface area contributed by atoms with Crippen LogP contribution >= 0.6 is 12.2 Å². The van der Waals surface area contributed by atoms with Crippen molar-refractivity contribution in [2.45, 2.75) is 25.3 Å². The molecule has 8 heteroatoms. The number of hydrogen-bond donors (Lipinski definition) is 2. The molecule has 1 heterocycles. The van der Waals surface area contributed by atoms with Crippen molar-refractivity contribution >= 4 is 34.6 Å². The SMILES string of the molecule is CNCCCCC1NC(=S)N(c2ccc(N=[N+]=[N-])cc2)C1=O. The van der Waals surface area contributed by atoms with E-state index < -0.39 is 0 Å². The van der Waals surface area contributed by atoms with Gasteiger partial charge in [0, 0.05) is 10.6 Å². The summed E-state index contributed by atoms with van der Waals surface area (Å²) >= 11 is 5.26. The van der Waals surface area contributed by atoms with Gasteiger partial charge in [0.25, 0.3) is 5.91 Å². The standard InChI is InChI=1S/C14H18N6OS/c1-16-9-3-2-4-12-13(21)20(14(22)17-12)11-7-5-10(6-8-11)18-19-15/h5-8,12,16H,2-4,9H2,1H3,(H,17,22). The molecular weight excluding hydrogens is 300 g/mol. The molecule has 1 atom stereocenters. The number of unbranched alkanes of at least 4 members (excludes halogenated alkanes) is 1. The van der Waals surface area contributed by atoms with E-state index in [1.807, 2.05) is 7.05 Å². The van der Waals surface area contributed by atoms with Crippen LogP contribution in [-0.2, 0) is 4.79 Å². The molecule has 0 aromatic heterocycles. The van der Waals surface area contributed by atoms with Crippen molar-refractivity contribution in [1.29, 1.82) is 0 Å². The van der Waals surface area contributed by atoms with E-state index in [0.717, 1.165) is 25.8 Å². The molecule has 0 saturated carbocycles. The average molecular weight is 318 g/mol. The lowest BCUT2D eigenvalue weighted by Gasteiger charge is -2.15. The lowest BCUT2D eigenvalue weighted by atomic mass is 10.1. The van der Waals surface area contributed by atoms with Crippen LogP contribution in [0.25, 0.3) is 10.4 Å². The van der Waals surface area contributed by atoms with Gasteiger partial charge in [-0.2, -0.15) is 0 Å². The van der Waals surface area contributed by atoms with Crippen molar-refractivity contribution in [1.82, 2.24) is 10.6 Å². The fourth-order valence-electron chi connectivity index (χ4n) is 2.34. The summed E-state index contributed by atoms with van der Waals surface area (Å²) in [5, 5.41) is 10.1. The highest BCUT2D eigenvalue weighted by Crippen LogP contribution is 2.24. The molecule has 2 N–H and O–H groups in total. The number of azide groups is 1. The lowest BCUT2D eigenvalue weighted by molar-refractivity contribution is -0.118. The highest BCUT2D eigenvalue weighted by atomic mass is 32.1. The smallest absolute Gasteiger partial charge is 0.255 e. The van der Waals surface area contributed by atoms with Gasteiger partial charge in [0.2, 0.25) is 0 Å². The summed E-state index contributed by atoms with van der Waals surface area (Å²) in [5.41, 5.74) is 9.58. The molecule has 0 spiro atoms. The van der Waals surface area contributed by atoms with Crippen LogP contribution in [0.4, 0.5) is 11.4 Å². The maximum absolute atomic E-state index is 12.5.